The van der Waals surface area contributed by atoms with Crippen LogP contribution in [0.3, 0.4) is 0 Å². The van der Waals surface area contributed by atoms with Crippen molar-refractivity contribution in [1.82, 2.24) is 20.2 Å². The summed E-state index contributed by atoms with van der Waals surface area (Å²) in [6.45, 7) is 5.23. The van der Waals surface area contributed by atoms with E-state index in [1.165, 1.54) is 4.31 Å². The zero-order valence-electron chi connectivity index (χ0n) is 28.1. The Morgan fingerprint density at radius 1 is 0.796 bits per heavy atom. The van der Waals surface area contributed by atoms with Crippen LogP contribution in [0.1, 0.15) is 25.0 Å². The smallest absolute Gasteiger partial charge is 0.494 e. The van der Waals surface area contributed by atoms with Crippen molar-refractivity contribution in [3.8, 4) is 28.6 Å². The second-order valence-corrected chi connectivity index (χ2v) is 14.2. The van der Waals surface area contributed by atoms with Crippen molar-refractivity contribution < 1.29 is 31.9 Å². The summed E-state index contributed by atoms with van der Waals surface area (Å²) in [7, 11) is -0.399. The van der Waals surface area contributed by atoms with Gasteiger partial charge < -0.3 is 23.5 Å². The third kappa shape index (κ3) is 7.41. The summed E-state index contributed by atoms with van der Waals surface area (Å²) in [6.07, 6.45) is 0. The van der Waals surface area contributed by atoms with E-state index >= 15 is 8.42 Å². The molecule has 254 valence electrons. The van der Waals surface area contributed by atoms with Gasteiger partial charge in [-0.2, -0.15) is 0 Å². The van der Waals surface area contributed by atoms with Gasteiger partial charge in [-0.1, -0.05) is 50.2 Å². The Labute approximate surface area is 286 Å². The maximum absolute atomic E-state index is 15.1. The number of rotatable bonds is 12. The molecule has 0 radical (unpaired) electrons. The van der Waals surface area contributed by atoms with Crippen molar-refractivity contribution in [2.45, 2.75) is 31.8 Å². The Balaban J connectivity index is 1.50. The minimum absolute atomic E-state index is 0.00264. The molecule has 1 aromatic heterocycles. The molecular formula is C35H38BN5O7S. The molecular weight excluding hydrogens is 645 g/mol. The predicted octanol–water partition coefficient (Wildman–Crippen LogP) is 4.58. The van der Waals surface area contributed by atoms with E-state index in [0.29, 0.717) is 47.2 Å². The van der Waals surface area contributed by atoms with Crippen LogP contribution in [0.25, 0.3) is 11.4 Å². The highest BCUT2D eigenvalue weighted by atomic mass is 32.2. The lowest BCUT2D eigenvalue weighted by Crippen LogP contribution is -2.48. The molecule has 12 nitrogen and oxygen atoms in total. The number of hydrogen-bond donors (Lipinski definition) is 0. The molecule has 14 heteroatoms. The van der Waals surface area contributed by atoms with Crippen LogP contribution in [0.4, 0.5) is 5.69 Å². The number of sulfonamides is 1. The van der Waals surface area contributed by atoms with E-state index in [2.05, 4.69) is 15.5 Å². The van der Waals surface area contributed by atoms with E-state index in [4.69, 9.17) is 23.5 Å². The summed E-state index contributed by atoms with van der Waals surface area (Å²) < 4.78 is 61.6. The third-order valence-corrected chi connectivity index (χ3v) is 10.0. The van der Waals surface area contributed by atoms with Gasteiger partial charge >= 0.3 is 7.12 Å². The molecule has 1 aliphatic rings. The fraction of sp³-hybridized carbons (Fsp3) is 0.286. The van der Waals surface area contributed by atoms with Crippen molar-refractivity contribution in [3.05, 3.63) is 102 Å². The minimum atomic E-state index is -4.30. The van der Waals surface area contributed by atoms with Gasteiger partial charge in [-0.05, 0) is 81.6 Å². The summed E-state index contributed by atoms with van der Waals surface area (Å²) in [4.78, 5) is -0.00264. The fourth-order valence-corrected chi connectivity index (χ4v) is 7.22. The molecule has 0 saturated carbocycles. The highest BCUT2D eigenvalue weighted by molar-refractivity contribution is 7.93. The Morgan fingerprint density at radius 2 is 1.35 bits per heavy atom. The van der Waals surface area contributed by atoms with E-state index in [1.807, 2.05) is 50.2 Å². The van der Waals surface area contributed by atoms with Gasteiger partial charge in [0.15, 0.2) is 5.82 Å². The summed E-state index contributed by atoms with van der Waals surface area (Å²) >= 11 is 0. The molecule has 0 aliphatic carbocycles. The van der Waals surface area contributed by atoms with Crippen molar-refractivity contribution in [3.63, 3.8) is 0 Å². The molecule has 1 aliphatic heterocycles. The summed E-state index contributed by atoms with van der Waals surface area (Å²) in [5.41, 5.74) is 2.67. The van der Waals surface area contributed by atoms with Crippen molar-refractivity contribution >= 4 is 28.3 Å². The van der Waals surface area contributed by atoms with Crippen LogP contribution in [0, 0.1) is 5.41 Å². The Bertz CT molecular complexity index is 1980. The van der Waals surface area contributed by atoms with Crippen molar-refractivity contribution in [1.29, 1.82) is 0 Å². The van der Waals surface area contributed by atoms with Gasteiger partial charge in [0, 0.05) is 24.2 Å². The van der Waals surface area contributed by atoms with Crippen molar-refractivity contribution in [2.75, 3.05) is 38.8 Å². The number of benzene rings is 4. The molecule has 1 saturated heterocycles. The van der Waals surface area contributed by atoms with Gasteiger partial charge in [0.2, 0.25) is 0 Å². The van der Waals surface area contributed by atoms with Crippen LogP contribution in [0.15, 0.2) is 95.9 Å². The zero-order valence-corrected chi connectivity index (χ0v) is 28.9. The van der Waals surface area contributed by atoms with Crippen molar-refractivity contribution in [2.24, 2.45) is 5.41 Å². The largest absolute Gasteiger partial charge is 0.497 e. The third-order valence-electron chi connectivity index (χ3n) is 8.22. The summed E-state index contributed by atoms with van der Waals surface area (Å²) in [5.74, 6) is 2.22. The maximum Gasteiger partial charge on any atom is 0.494 e. The number of aromatic nitrogens is 4. The molecule has 49 heavy (non-hydrogen) atoms. The Morgan fingerprint density at radius 3 is 1.92 bits per heavy atom. The molecule has 0 N–H and O–H groups in total. The predicted molar refractivity (Wildman–Crippen MR) is 186 cm³/mol. The lowest BCUT2D eigenvalue weighted by Gasteiger charge is -2.34. The lowest BCUT2D eigenvalue weighted by molar-refractivity contribution is 0.0343. The molecule has 6 rings (SSSR count). The van der Waals surface area contributed by atoms with Crippen LogP contribution >= 0.6 is 0 Å². The van der Waals surface area contributed by atoms with E-state index in [0.717, 1.165) is 11.1 Å². The first-order valence-corrected chi connectivity index (χ1v) is 17.1. The second kappa shape index (κ2) is 14.3. The molecule has 0 spiro atoms. The molecule has 0 bridgehead atoms. The van der Waals surface area contributed by atoms with E-state index in [1.54, 1.807) is 80.6 Å². The van der Waals surface area contributed by atoms with E-state index in [-0.39, 0.29) is 29.2 Å². The highest BCUT2D eigenvalue weighted by Crippen LogP contribution is 2.34. The van der Waals surface area contributed by atoms with Crippen LogP contribution in [-0.2, 0) is 32.4 Å². The number of nitrogens with zero attached hydrogens (tertiary/aromatic N) is 5. The molecule has 2 heterocycles. The molecule has 0 atom stereocenters. The number of tetrazole rings is 1. The second-order valence-electron chi connectivity index (χ2n) is 12.4. The maximum atomic E-state index is 15.1. The monoisotopic (exact) mass is 683 g/mol. The van der Waals surface area contributed by atoms with Gasteiger partial charge in [-0.15, -0.1) is 5.10 Å². The first-order valence-electron chi connectivity index (χ1n) is 15.7. The van der Waals surface area contributed by atoms with Crippen LogP contribution in [0.5, 0.6) is 17.2 Å². The van der Waals surface area contributed by atoms with Crippen LogP contribution < -0.4 is 24.0 Å². The number of hydrogen-bond acceptors (Lipinski definition) is 10. The number of ether oxygens (including phenoxy) is 3. The molecule has 0 unspecified atom stereocenters. The first kappa shape index (κ1) is 34.0. The van der Waals surface area contributed by atoms with Gasteiger partial charge in [0.25, 0.3) is 10.0 Å². The van der Waals surface area contributed by atoms with Gasteiger partial charge in [0.1, 0.15) is 17.2 Å². The van der Waals surface area contributed by atoms with Gasteiger partial charge in [-0.25, -0.2) is 13.1 Å². The number of methoxy groups -OCH3 is 3. The SMILES string of the molecule is COc1ccc(CN(c2ccc(OC)cc2)S(=O)(=O)c2cccc(B3OCC(C)(C)CO3)c2-c2nnnn2Cc2ccc(OC)cc2)cc1. The molecule has 5 aromatic rings. The molecule has 0 amide bonds. The normalized spacial score (nSPS) is 14.3. The average molecular weight is 684 g/mol. The average Bonchev–Trinajstić information content (AvgIpc) is 3.58. The molecule has 4 aromatic carbocycles. The quantitative estimate of drug-likeness (QED) is 0.173. The highest BCUT2D eigenvalue weighted by Gasteiger charge is 2.39. The Kier molecular flexibility index (Phi) is 9.90. The Hall–Kier alpha value is -4.92. The topological polar surface area (TPSA) is 127 Å². The van der Waals surface area contributed by atoms with E-state index in [9.17, 15) is 0 Å². The summed E-state index contributed by atoms with van der Waals surface area (Å²) in [6, 6.07) is 26.7. The van der Waals surface area contributed by atoms with E-state index < -0.39 is 17.1 Å². The van der Waals surface area contributed by atoms with Gasteiger partial charge in [-0.3, -0.25) is 4.31 Å². The van der Waals surface area contributed by atoms with Crippen LogP contribution in [0.2, 0.25) is 0 Å². The standard InChI is InChI=1S/C35H38BN5O7S/c1-35(2)23-47-36(48-24-35)31-7-6-8-32(33(31)34-37-38-39-40(34)21-25-9-15-28(44-3)16-10-25)49(42,43)41(27-13-19-30(46-5)20-14-27)22-26-11-17-29(45-4)18-12-26/h6-20H,21-24H2,1-5H3. The minimum Gasteiger partial charge on any atom is -0.497 e. The number of anilines is 1. The molecule has 1 fully saturated rings. The zero-order chi connectivity index (χ0) is 34.6. The lowest BCUT2D eigenvalue weighted by atomic mass is 9.73. The van der Waals surface area contributed by atoms with Gasteiger partial charge in [0.05, 0.1) is 45.0 Å². The fourth-order valence-electron chi connectivity index (χ4n) is 5.54. The van der Waals surface area contributed by atoms with Crippen LogP contribution in [-0.4, -0.2) is 70.3 Å². The first-order chi connectivity index (χ1) is 23.6. The summed E-state index contributed by atoms with van der Waals surface area (Å²) in [5, 5.41) is 12.7.